The number of nitrogens with zero attached hydrogens (tertiary/aromatic N) is 1. The van der Waals surface area contributed by atoms with E-state index in [1.54, 1.807) is 27.7 Å². The Hall–Kier alpha value is -1.32. The van der Waals surface area contributed by atoms with Crippen molar-refractivity contribution in [1.29, 1.82) is 5.26 Å². The summed E-state index contributed by atoms with van der Waals surface area (Å²) in [6.07, 6.45) is -0.924. The summed E-state index contributed by atoms with van der Waals surface area (Å²) in [5, 5.41) is 9.25. The molecule has 6 nitrogen and oxygen atoms in total. The van der Waals surface area contributed by atoms with Gasteiger partial charge < -0.3 is 18.9 Å². The Morgan fingerprint density at radius 3 is 1.94 bits per heavy atom. The van der Waals surface area contributed by atoms with E-state index in [4.69, 9.17) is 14.2 Å². The molecule has 0 aromatic carbocycles. The highest BCUT2D eigenvalue weighted by Crippen LogP contribution is 2.31. The number of hydrogen-bond donors (Lipinski definition) is 0. The van der Waals surface area contributed by atoms with Gasteiger partial charge in [0, 0.05) is 13.2 Å². The van der Waals surface area contributed by atoms with E-state index in [1.807, 2.05) is 6.07 Å². The van der Waals surface area contributed by atoms with Gasteiger partial charge in [-0.25, -0.2) is 4.79 Å². The third-order valence-electron chi connectivity index (χ3n) is 2.47. The SMILES string of the molecule is CCOC(=O)OC(C)(C#N)C(C)(OCC)OCC. The molecular weight excluding hydrogens is 238 g/mol. The highest BCUT2D eigenvalue weighted by atomic mass is 16.8. The Balaban J connectivity index is 5.08. The fourth-order valence-corrected chi connectivity index (χ4v) is 1.40. The van der Waals surface area contributed by atoms with Crippen molar-refractivity contribution in [3.05, 3.63) is 0 Å². The first-order valence-electron chi connectivity index (χ1n) is 5.94. The van der Waals surface area contributed by atoms with Crippen LogP contribution in [0.4, 0.5) is 4.79 Å². The lowest BCUT2D eigenvalue weighted by Gasteiger charge is -2.39. The van der Waals surface area contributed by atoms with E-state index < -0.39 is 17.5 Å². The molecule has 0 rings (SSSR count). The van der Waals surface area contributed by atoms with Crippen molar-refractivity contribution in [3.63, 3.8) is 0 Å². The predicted octanol–water partition coefficient (Wildman–Crippen LogP) is 2.23. The molecule has 0 aliphatic heterocycles. The Kier molecular flexibility index (Phi) is 6.66. The first-order valence-corrected chi connectivity index (χ1v) is 5.94. The fourth-order valence-electron chi connectivity index (χ4n) is 1.40. The minimum absolute atomic E-state index is 0.167. The number of rotatable bonds is 7. The Morgan fingerprint density at radius 1 is 1.11 bits per heavy atom. The van der Waals surface area contributed by atoms with E-state index in [0.717, 1.165) is 0 Å². The van der Waals surface area contributed by atoms with Gasteiger partial charge in [-0.2, -0.15) is 5.26 Å². The first-order chi connectivity index (χ1) is 8.39. The van der Waals surface area contributed by atoms with Crippen molar-refractivity contribution in [2.75, 3.05) is 19.8 Å². The van der Waals surface area contributed by atoms with Crippen LogP contribution in [0.15, 0.2) is 0 Å². The van der Waals surface area contributed by atoms with Crippen LogP contribution in [0, 0.1) is 11.3 Å². The number of nitriles is 1. The molecule has 0 amide bonds. The van der Waals surface area contributed by atoms with Crippen LogP contribution in [0.5, 0.6) is 0 Å². The van der Waals surface area contributed by atoms with Gasteiger partial charge >= 0.3 is 6.16 Å². The van der Waals surface area contributed by atoms with Gasteiger partial charge in [0.25, 0.3) is 5.60 Å². The van der Waals surface area contributed by atoms with Gasteiger partial charge in [0.15, 0.2) is 0 Å². The van der Waals surface area contributed by atoms with Crippen LogP contribution in [0.1, 0.15) is 34.6 Å². The number of carbonyl (C=O) groups excluding carboxylic acids is 1. The van der Waals surface area contributed by atoms with E-state index in [2.05, 4.69) is 4.74 Å². The summed E-state index contributed by atoms with van der Waals surface area (Å²) in [6, 6.07) is 1.90. The van der Waals surface area contributed by atoms with Gasteiger partial charge in [-0.05, 0) is 34.6 Å². The van der Waals surface area contributed by atoms with Gasteiger partial charge in [0.2, 0.25) is 5.79 Å². The third-order valence-corrected chi connectivity index (χ3v) is 2.47. The summed E-state index contributed by atoms with van der Waals surface area (Å²) in [7, 11) is 0. The quantitative estimate of drug-likeness (QED) is 0.515. The Bertz CT molecular complexity index is 306. The summed E-state index contributed by atoms with van der Waals surface area (Å²) in [4.78, 5) is 11.4. The van der Waals surface area contributed by atoms with Crippen LogP contribution in [0.3, 0.4) is 0 Å². The van der Waals surface area contributed by atoms with Gasteiger partial charge in [-0.15, -0.1) is 0 Å². The predicted molar refractivity (Wildman–Crippen MR) is 63.8 cm³/mol. The van der Waals surface area contributed by atoms with Crippen LogP contribution < -0.4 is 0 Å². The molecule has 0 saturated heterocycles. The van der Waals surface area contributed by atoms with Crippen molar-refractivity contribution in [2.45, 2.75) is 46.0 Å². The van der Waals surface area contributed by atoms with Gasteiger partial charge in [0.1, 0.15) is 6.07 Å². The number of hydrogen-bond acceptors (Lipinski definition) is 6. The second kappa shape index (κ2) is 7.19. The van der Waals surface area contributed by atoms with E-state index >= 15 is 0 Å². The summed E-state index contributed by atoms with van der Waals surface area (Å²) in [6.45, 7) is 8.96. The molecule has 1 atom stereocenters. The highest BCUT2D eigenvalue weighted by Gasteiger charge is 2.51. The maximum Gasteiger partial charge on any atom is 0.510 e. The molecule has 0 aliphatic carbocycles. The van der Waals surface area contributed by atoms with Crippen molar-refractivity contribution in [3.8, 4) is 6.07 Å². The van der Waals surface area contributed by atoms with Crippen molar-refractivity contribution in [1.82, 2.24) is 0 Å². The molecule has 104 valence electrons. The summed E-state index contributed by atoms with van der Waals surface area (Å²) in [5.41, 5.74) is -1.59. The summed E-state index contributed by atoms with van der Waals surface area (Å²) < 4.78 is 20.5. The Morgan fingerprint density at radius 2 is 1.61 bits per heavy atom. The molecule has 6 heteroatoms. The molecule has 0 saturated carbocycles. The maximum atomic E-state index is 11.4. The van der Waals surface area contributed by atoms with Gasteiger partial charge in [-0.3, -0.25) is 0 Å². The molecule has 18 heavy (non-hydrogen) atoms. The molecule has 0 aromatic rings. The smallest absolute Gasteiger partial charge is 0.435 e. The van der Waals surface area contributed by atoms with Crippen molar-refractivity contribution < 1.29 is 23.7 Å². The highest BCUT2D eigenvalue weighted by molar-refractivity contribution is 5.61. The lowest BCUT2D eigenvalue weighted by atomic mass is 9.98. The zero-order chi connectivity index (χ0) is 14.2. The molecule has 0 fully saturated rings. The lowest BCUT2D eigenvalue weighted by molar-refractivity contribution is -0.289. The lowest BCUT2D eigenvalue weighted by Crippen LogP contribution is -2.55. The second-order valence-electron chi connectivity index (χ2n) is 3.74. The van der Waals surface area contributed by atoms with Crippen LogP contribution >= 0.6 is 0 Å². The fraction of sp³-hybridized carbons (Fsp3) is 0.833. The van der Waals surface area contributed by atoms with Gasteiger partial charge in [0.05, 0.1) is 6.61 Å². The molecule has 0 N–H and O–H groups in total. The summed E-state index contributed by atoms with van der Waals surface area (Å²) in [5.74, 6) is -1.35. The van der Waals surface area contributed by atoms with Crippen molar-refractivity contribution >= 4 is 6.16 Å². The van der Waals surface area contributed by atoms with Crippen LogP contribution in [0.2, 0.25) is 0 Å². The van der Waals surface area contributed by atoms with Crippen molar-refractivity contribution in [2.24, 2.45) is 0 Å². The molecule has 0 radical (unpaired) electrons. The normalized spacial score (nSPS) is 14.4. The molecule has 0 aliphatic rings. The van der Waals surface area contributed by atoms with E-state index in [0.29, 0.717) is 13.2 Å². The zero-order valence-corrected chi connectivity index (χ0v) is 11.6. The van der Waals surface area contributed by atoms with Crippen LogP contribution in [-0.4, -0.2) is 37.4 Å². The topological polar surface area (TPSA) is 77.8 Å². The molecule has 1 unspecified atom stereocenters. The number of carbonyl (C=O) groups is 1. The monoisotopic (exact) mass is 259 g/mol. The molecule has 0 heterocycles. The van der Waals surface area contributed by atoms with Crippen LogP contribution in [-0.2, 0) is 18.9 Å². The van der Waals surface area contributed by atoms with E-state index in [-0.39, 0.29) is 6.61 Å². The zero-order valence-electron chi connectivity index (χ0n) is 11.6. The minimum atomic E-state index is -1.59. The van der Waals surface area contributed by atoms with Gasteiger partial charge in [-0.1, -0.05) is 0 Å². The average Bonchev–Trinajstić information content (AvgIpc) is 2.29. The maximum absolute atomic E-state index is 11.4. The largest absolute Gasteiger partial charge is 0.510 e. The molecule has 0 bridgehead atoms. The average molecular weight is 259 g/mol. The molecule has 0 spiro atoms. The Labute approximate surface area is 108 Å². The molecular formula is C12H21NO5. The first kappa shape index (κ1) is 16.7. The third kappa shape index (κ3) is 3.86. The standard InChI is InChI=1S/C12H21NO5/c1-6-15-10(14)18-11(4,9-13)12(5,16-7-2)17-8-3/h6-8H2,1-5H3. The van der Waals surface area contributed by atoms with E-state index in [1.165, 1.54) is 6.92 Å². The van der Waals surface area contributed by atoms with E-state index in [9.17, 15) is 10.1 Å². The second-order valence-corrected chi connectivity index (χ2v) is 3.74. The van der Waals surface area contributed by atoms with Crippen LogP contribution in [0.25, 0.3) is 0 Å². The number of ether oxygens (including phenoxy) is 4. The minimum Gasteiger partial charge on any atom is -0.435 e. The summed E-state index contributed by atoms with van der Waals surface area (Å²) >= 11 is 0. The molecule has 0 aromatic heterocycles.